The summed E-state index contributed by atoms with van der Waals surface area (Å²) in [5, 5.41) is 8.58. The summed E-state index contributed by atoms with van der Waals surface area (Å²) in [7, 11) is 0. The normalized spacial score (nSPS) is 10.7. The number of H-pyrrole nitrogens is 1. The average Bonchev–Trinajstić information content (AvgIpc) is 2.89. The van der Waals surface area contributed by atoms with E-state index in [2.05, 4.69) is 9.97 Å². The van der Waals surface area contributed by atoms with E-state index < -0.39 is 11.7 Å². The van der Waals surface area contributed by atoms with Crippen molar-refractivity contribution in [2.45, 2.75) is 0 Å². The predicted octanol–water partition coefficient (Wildman–Crippen LogP) is 2.49. The summed E-state index contributed by atoms with van der Waals surface area (Å²) in [5.41, 5.74) is 2.95. The van der Waals surface area contributed by atoms with E-state index in [1.807, 2.05) is 30.3 Å². The van der Waals surface area contributed by atoms with E-state index in [9.17, 15) is 9.18 Å². The lowest BCUT2D eigenvalue weighted by Gasteiger charge is -2.00. The van der Waals surface area contributed by atoms with E-state index in [0.29, 0.717) is 16.9 Å². The molecule has 0 aliphatic heterocycles. The highest BCUT2D eigenvalue weighted by Crippen LogP contribution is 2.22. The van der Waals surface area contributed by atoms with Gasteiger partial charge in [0, 0.05) is 11.6 Å². The van der Waals surface area contributed by atoms with Crippen LogP contribution in [0.3, 0.4) is 0 Å². The lowest BCUT2D eigenvalue weighted by atomic mass is 10.2. The molecule has 2 aromatic carbocycles. The Labute approximate surface area is 113 Å². The molecule has 100 valence electrons. The SMILES string of the molecule is O=C(NO)c1cc2[nH]c(-c3ccccc3)nc2cc1F. The van der Waals surface area contributed by atoms with Crippen molar-refractivity contribution in [1.29, 1.82) is 0 Å². The van der Waals surface area contributed by atoms with Crippen LogP contribution in [-0.4, -0.2) is 21.1 Å². The molecule has 1 heterocycles. The topological polar surface area (TPSA) is 78.0 Å². The molecule has 3 aromatic rings. The van der Waals surface area contributed by atoms with E-state index in [-0.39, 0.29) is 5.56 Å². The van der Waals surface area contributed by atoms with Crippen LogP contribution in [0, 0.1) is 5.82 Å². The van der Waals surface area contributed by atoms with Gasteiger partial charge in [-0.25, -0.2) is 14.9 Å². The van der Waals surface area contributed by atoms with Crippen LogP contribution < -0.4 is 5.48 Å². The molecular formula is C14H10FN3O2. The van der Waals surface area contributed by atoms with Gasteiger partial charge < -0.3 is 4.98 Å². The number of carbonyl (C=O) groups excluding carboxylic acids is 1. The maximum atomic E-state index is 13.7. The van der Waals surface area contributed by atoms with Crippen molar-refractivity contribution in [1.82, 2.24) is 15.4 Å². The summed E-state index contributed by atoms with van der Waals surface area (Å²) in [6.45, 7) is 0. The third-order valence-electron chi connectivity index (χ3n) is 2.96. The molecule has 0 atom stereocenters. The number of nitrogens with zero attached hydrogens (tertiary/aromatic N) is 1. The largest absolute Gasteiger partial charge is 0.338 e. The second kappa shape index (κ2) is 4.75. The first kappa shape index (κ1) is 12.3. The Morgan fingerprint density at radius 1 is 1.25 bits per heavy atom. The van der Waals surface area contributed by atoms with Gasteiger partial charge in [0.2, 0.25) is 0 Å². The minimum atomic E-state index is -0.903. The maximum Gasteiger partial charge on any atom is 0.277 e. The number of imidazole rings is 1. The first-order chi connectivity index (χ1) is 9.69. The number of hydroxylamine groups is 1. The number of fused-ring (bicyclic) bond motifs is 1. The third kappa shape index (κ3) is 2.02. The lowest BCUT2D eigenvalue weighted by molar-refractivity contribution is 0.0702. The Morgan fingerprint density at radius 2 is 2.00 bits per heavy atom. The minimum absolute atomic E-state index is 0.247. The summed E-state index contributed by atoms with van der Waals surface area (Å²) < 4.78 is 13.7. The van der Waals surface area contributed by atoms with Gasteiger partial charge in [0.05, 0.1) is 16.6 Å². The van der Waals surface area contributed by atoms with Crippen molar-refractivity contribution >= 4 is 16.9 Å². The van der Waals surface area contributed by atoms with Gasteiger partial charge in [-0.1, -0.05) is 30.3 Å². The van der Waals surface area contributed by atoms with Crippen LogP contribution >= 0.6 is 0 Å². The van der Waals surface area contributed by atoms with Crippen LogP contribution in [0.5, 0.6) is 0 Å². The Kier molecular flexibility index (Phi) is 2.92. The fraction of sp³-hybridized carbons (Fsp3) is 0. The van der Waals surface area contributed by atoms with Crippen LogP contribution in [-0.2, 0) is 0 Å². The molecule has 1 aromatic heterocycles. The van der Waals surface area contributed by atoms with E-state index in [1.54, 1.807) is 0 Å². The number of benzene rings is 2. The first-order valence-electron chi connectivity index (χ1n) is 5.88. The quantitative estimate of drug-likeness (QED) is 0.495. The van der Waals surface area contributed by atoms with Crippen LogP contribution in [0.1, 0.15) is 10.4 Å². The highest BCUT2D eigenvalue weighted by molar-refractivity contribution is 5.97. The molecule has 0 aliphatic rings. The molecule has 20 heavy (non-hydrogen) atoms. The van der Waals surface area contributed by atoms with Gasteiger partial charge in [-0.3, -0.25) is 10.0 Å². The van der Waals surface area contributed by atoms with Crippen molar-refractivity contribution in [3.63, 3.8) is 0 Å². The van der Waals surface area contributed by atoms with Crippen LogP contribution in [0.25, 0.3) is 22.4 Å². The fourth-order valence-corrected chi connectivity index (χ4v) is 2.00. The number of amides is 1. The standard InChI is InChI=1S/C14H10FN3O2/c15-10-7-12-11(6-9(10)14(19)18-20)16-13(17-12)8-4-2-1-3-5-8/h1-7,20H,(H,16,17)(H,18,19). The van der Waals surface area contributed by atoms with Crippen LogP contribution in [0.2, 0.25) is 0 Å². The molecule has 0 spiro atoms. The van der Waals surface area contributed by atoms with Gasteiger partial charge in [0.25, 0.3) is 5.91 Å². The monoisotopic (exact) mass is 271 g/mol. The number of hydrogen-bond acceptors (Lipinski definition) is 3. The van der Waals surface area contributed by atoms with Crippen molar-refractivity contribution in [3.05, 3.63) is 53.8 Å². The molecule has 0 bridgehead atoms. The molecular weight excluding hydrogens is 261 g/mol. The lowest BCUT2D eigenvalue weighted by Crippen LogP contribution is -2.19. The molecule has 0 radical (unpaired) electrons. The number of carbonyl (C=O) groups is 1. The van der Waals surface area contributed by atoms with E-state index in [0.717, 1.165) is 11.6 Å². The van der Waals surface area contributed by atoms with E-state index in [1.165, 1.54) is 11.5 Å². The van der Waals surface area contributed by atoms with Gasteiger partial charge in [-0.15, -0.1) is 0 Å². The maximum absolute atomic E-state index is 13.7. The molecule has 0 saturated heterocycles. The zero-order valence-corrected chi connectivity index (χ0v) is 10.2. The summed E-state index contributed by atoms with van der Waals surface area (Å²) in [4.78, 5) is 18.6. The van der Waals surface area contributed by atoms with E-state index >= 15 is 0 Å². The van der Waals surface area contributed by atoms with E-state index in [4.69, 9.17) is 5.21 Å². The minimum Gasteiger partial charge on any atom is -0.338 e. The van der Waals surface area contributed by atoms with Crippen molar-refractivity contribution < 1.29 is 14.4 Å². The van der Waals surface area contributed by atoms with Crippen molar-refractivity contribution in [2.24, 2.45) is 0 Å². The number of hydrogen-bond donors (Lipinski definition) is 3. The van der Waals surface area contributed by atoms with Crippen molar-refractivity contribution in [3.8, 4) is 11.4 Å². The molecule has 0 fully saturated rings. The highest BCUT2D eigenvalue weighted by atomic mass is 19.1. The molecule has 3 rings (SSSR count). The number of aromatic nitrogens is 2. The van der Waals surface area contributed by atoms with Crippen LogP contribution in [0.15, 0.2) is 42.5 Å². The molecule has 0 unspecified atom stereocenters. The summed E-state index contributed by atoms with van der Waals surface area (Å²) in [6.07, 6.45) is 0. The Bertz CT molecular complexity index is 784. The average molecular weight is 271 g/mol. The number of rotatable bonds is 2. The molecule has 6 heteroatoms. The summed E-state index contributed by atoms with van der Waals surface area (Å²) in [6, 6.07) is 11.8. The molecule has 5 nitrogen and oxygen atoms in total. The van der Waals surface area contributed by atoms with Crippen molar-refractivity contribution in [2.75, 3.05) is 0 Å². The fourth-order valence-electron chi connectivity index (χ4n) is 2.00. The van der Waals surface area contributed by atoms with Gasteiger partial charge in [0.1, 0.15) is 11.6 Å². The molecule has 0 aliphatic carbocycles. The van der Waals surface area contributed by atoms with Gasteiger partial charge in [0.15, 0.2) is 0 Å². The zero-order chi connectivity index (χ0) is 14.1. The number of nitrogens with one attached hydrogen (secondary N) is 2. The second-order valence-corrected chi connectivity index (χ2v) is 4.24. The molecule has 3 N–H and O–H groups in total. The zero-order valence-electron chi connectivity index (χ0n) is 10.2. The number of aromatic amines is 1. The Hall–Kier alpha value is -2.73. The Morgan fingerprint density at radius 3 is 2.70 bits per heavy atom. The third-order valence-corrected chi connectivity index (χ3v) is 2.96. The summed E-state index contributed by atoms with van der Waals surface area (Å²) >= 11 is 0. The predicted molar refractivity (Wildman–Crippen MR) is 70.7 cm³/mol. The number of halogens is 1. The smallest absolute Gasteiger partial charge is 0.277 e. The van der Waals surface area contributed by atoms with Crippen LogP contribution in [0.4, 0.5) is 4.39 Å². The highest BCUT2D eigenvalue weighted by Gasteiger charge is 2.14. The van der Waals surface area contributed by atoms with Gasteiger partial charge in [-0.2, -0.15) is 0 Å². The first-order valence-corrected chi connectivity index (χ1v) is 5.88. The second-order valence-electron chi connectivity index (χ2n) is 4.24. The molecule has 1 amide bonds. The molecule has 0 saturated carbocycles. The summed E-state index contributed by atoms with van der Waals surface area (Å²) in [5.74, 6) is -1.06. The van der Waals surface area contributed by atoms with Gasteiger partial charge in [-0.05, 0) is 6.07 Å². The van der Waals surface area contributed by atoms with Gasteiger partial charge >= 0.3 is 0 Å². The Balaban J connectivity index is 2.15.